The van der Waals surface area contributed by atoms with Gasteiger partial charge >= 0.3 is 0 Å². The molecule has 1 rings (SSSR count). The lowest BCUT2D eigenvalue weighted by molar-refractivity contribution is 0.354. The van der Waals surface area contributed by atoms with E-state index in [1.165, 1.54) is 5.56 Å². The molecule has 0 amide bonds. The lowest BCUT2D eigenvalue weighted by Gasteiger charge is -2.13. The molecule has 0 heterocycles. The van der Waals surface area contributed by atoms with Crippen LogP contribution in [0.15, 0.2) is 30.9 Å². The summed E-state index contributed by atoms with van der Waals surface area (Å²) in [5.41, 5.74) is 7.28. The fourth-order valence-electron chi connectivity index (χ4n) is 1.94. The number of rotatable bonds is 8. The molecule has 0 spiro atoms. The number of nitrogens with two attached hydrogens (primary N) is 1. The van der Waals surface area contributed by atoms with Crippen LogP contribution in [0.1, 0.15) is 24.8 Å². The van der Waals surface area contributed by atoms with E-state index in [0.717, 1.165) is 37.2 Å². The Labute approximate surface area is 110 Å². The number of unbranched alkanes of at least 4 members (excludes halogenated alkanes) is 1. The Bertz CT molecular complexity index is 377. The van der Waals surface area contributed by atoms with Gasteiger partial charge in [-0.1, -0.05) is 12.1 Å². The summed E-state index contributed by atoms with van der Waals surface area (Å²) in [7, 11) is 3.28. The maximum Gasteiger partial charge on any atom is 0.160 e. The normalized spacial score (nSPS) is 11.9. The Balaban J connectivity index is 2.58. The highest BCUT2D eigenvalue weighted by atomic mass is 16.5. The van der Waals surface area contributed by atoms with Crippen molar-refractivity contribution < 1.29 is 9.47 Å². The van der Waals surface area contributed by atoms with Crippen LogP contribution in [-0.2, 0) is 6.42 Å². The summed E-state index contributed by atoms with van der Waals surface area (Å²) in [5, 5.41) is 0. The molecule has 0 aliphatic heterocycles. The monoisotopic (exact) mass is 249 g/mol. The highest BCUT2D eigenvalue weighted by Crippen LogP contribution is 2.28. The second-order valence-electron chi connectivity index (χ2n) is 4.37. The second kappa shape index (κ2) is 7.77. The average molecular weight is 249 g/mol. The zero-order valence-electron chi connectivity index (χ0n) is 11.3. The second-order valence-corrected chi connectivity index (χ2v) is 4.37. The number of benzene rings is 1. The van der Waals surface area contributed by atoms with Gasteiger partial charge in [0.1, 0.15) is 0 Å². The molecule has 1 aromatic carbocycles. The molecule has 1 unspecified atom stereocenters. The average Bonchev–Trinajstić information content (AvgIpc) is 2.39. The van der Waals surface area contributed by atoms with Gasteiger partial charge in [0.15, 0.2) is 11.5 Å². The van der Waals surface area contributed by atoms with Crippen LogP contribution in [-0.4, -0.2) is 20.3 Å². The third-order valence-electron chi connectivity index (χ3n) is 2.93. The van der Waals surface area contributed by atoms with Crippen LogP contribution < -0.4 is 15.2 Å². The van der Waals surface area contributed by atoms with Crippen LogP contribution in [0, 0.1) is 0 Å². The smallest absolute Gasteiger partial charge is 0.160 e. The number of allylic oxidation sites excluding steroid dienone is 1. The molecule has 0 aliphatic rings. The topological polar surface area (TPSA) is 44.5 Å². The molecule has 18 heavy (non-hydrogen) atoms. The van der Waals surface area contributed by atoms with Crippen molar-refractivity contribution in [3.05, 3.63) is 36.4 Å². The predicted molar refractivity (Wildman–Crippen MR) is 75.3 cm³/mol. The molecule has 1 aromatic rings. The van der Waals surface area contributed by atoms with Gasteiger partial charge in [0.2, 0.25) is 0 Å². The molecule has 2 N–H and O–H groups in total. The molecule has 0 saturated heterocycles. The Morgan fingerprint density at radius 3 is 2.61 bits per heavy atom. The van der Waals surface area contributed by atoms with Crippen molar-refractivity contribution in [1.29, 1.82) is 0 Å². The van der Waals surface area contributed by atoms with Crippen LogP contribution in [0.4, 0.5) is 0 Å². The van der Waals surface area contributed by atoms with Gasteiger partial charge in [-0.25, -0.2) is 0 Å². The van der Waals surface area contributed by atoms with E-state index in [4.69, 9.17) is 15.2 Å². The summed E-state index contributed by atoms with van der Waals surface area (Å²) in [6.07, 6.45) is 5.93. The fourth-order valence-corrected chi connectivity index (χ4v) is 1.94. The van der Waals surface area contributed by atoms with Crippen molar-refractivity contribution in [3.8, 4) is 11.5 Å². The molecule has 0 radical (unpaired) electrons. The van der Waals surface area contributed by atoms with E-state index >= 15 is 0 Å². The van der Waals surface area contributed by atoms with Crippen LogP contribution in [0.2, 0.25) is 0 Å². The Morgan fingerprint density at radius 2 is 2.00 bits per heavy atom. The van der Waals surface area contributed by atoms with Gasteiger partial charge < -0.3 is 15.2 Å². The van der Waals surface area contributed by atoms with Gasteiger partial charge in [0, 0.05) is 6.04 Å². The molecule has 0 saturated carbocycles. The summed E-state index contributed by atoms with van der Waals surface area (Å²) in [6, 6.07) is 6.13. The first-order valence-electron chi connectivity index (χ1n) is 6.28. The van der Waals surface area contributed by atoms with Crippen LogP contribution in [0.3, 0.4) is 0 Å². The first-order valence-corrected chi connectivity index (χ1v) is 6.28. The van der Waals surface area contributed by atoms with Crippen molar-refractivity contribution in [1.82, 2.24) is 0 Å². The third kappa shape index (κ3) is 4.41. The molecular formula is C15H23NO2. The fraction of sp³-hybridized carbons (Fsp3) is 0.467. The number of hydrogen-bond donors (Lipinski definition) is 1. The van der Waals surface area contributed by atoms with E-state index in [0.29, 0.717) is 0 Å². The van der Waals surface area contributed by atoms with Gasteiger partial charge in [-0.15, -0.1) is 6.58 Å². The van der Waals surface area contributed by atoms with Crippen LogP contribution in [0.25, 0.3) is 0 Å². The highest BCUT2D eigenvalue weighted by Gasteiger charge is 2.08. The van der Waals surface area contributed by atoms with Gasteiger partial charge in [0.05, 0.1) is 14.2 Å². The maximum absolute atomic E-state index is 6.10. The highest BCUT2D eigenvalue weighted by molar-refractivity contribution is 5.43. The Hall–Kier alpha value is -1.48. The minimum Gasteiger partial charge on any atom is -0.493 e. The van der Waals surface area contributed by atoms with E-state index in [9.17, 15) is 0 Å². The molecule has 0 bridgehead atoms. The van der Waals surface area contributed by atoms with Crippen molar-refractivity contribution in [2.24, 2.45) is 5.73 Å². The molecule has 1 atom stereocenters. The number of methoxy groups -OCH3 is 2. The molecule has 100 valence electrons. The number of ether oxygens (including phenoxy) is 2. The standard InChI is InChI=1S/C15H23NO2/c1-4-5-6-7-13(16)10-12-8-9-14(17-2)15(11-12)18-3/h4,8-9,11,13H,1,5-7,10,16H2,2-3H3. The molecule has 0 aromatic heterocycles. The first-order chi connectivity index (χ1) is 8.71. The third-order valence-corrected chi connectivity index (χ3v) is 2.93. The number of hydrogen-bond acceptors (Lipinski definition) is 3. The molecule has 0 fully saturated rings. The minimum absolute atomic E-state index is 0.183. The van der Waals surface area contributed by atoms with E-state index in [-0.39, 0.29) is 6.04 Å². The van der Waals surface area contributed by atoms with Gasteiger partial charge in [0.25, 0.3) is 0 Å². The first kappa shape index (κ1) is 14.6. The molecule has 3 heteroatoms. The van der Waals surface area contributed by atoms with Gasteiger partial charge in [-0.2, -0.15) is 0 Å². The van der Waals surface area contributed by atoms with Gasteiger partial charge in [-0.05, 0) is 43.4 Å². The van der Waals surface area contributed by atoms with E-state index in [1.54, 1.807) is 14.2 Å². The van der Waals surface area contributed by atoms with Crippen molar-refractivity contribution >= 4 is 0 Å². The van der Waals surface area contributed by atoms with Crippen LogP contribution in [0.5, 0.6) is 11.5 Å². The van der Waals surface area contributed by atoms with Crippen molar-refractivity contribution in [2.45, 2.75) is 31.7 Å². The summed E-state index contributed by atoms with van der Waals surface area (Å²) in [4.78, 5) is 0. The molecular weight excluding hydrogens is 226 g/mol. The van der Waals surface area contributed by atoms with Crippen molar-refractivity contribution in [3.63, 3.8) is 0 Å². The van der Waals surface area contributed by atoms with E-state index in [1.807, 2.05) is 24.3 Å². The lowest BCUT2D eigenvalue weighted by atomic mass is 10.0. The quantitative estimate of drug-likeness (QED) is 0.569. The zero-order valence-corrected chi connectivity index (χ0v) is 11.3. The largest absolute Gasteiger partial charge is 0.493 e. The van der Waals surface area contributed by atoms with Gasteiger partial charge in [-0.3, -0.25) is 0 Å². The van der Waals surface area contributed by atoms with Crippen LogP contribution >= 0.6 is 0 Å². The van der Waals surface area contributed by atoms with E-state index < -0.39 is 0 Å². The minimum atomic E-state index is 0.183. The maximum atomic E-state index is 6.10. The van der Waals surface area contributed by atoms with E-state index in [2.05, 4.69) is 6.58 Å². The summed E-state index contributed by atoms with van der Waals surface area (Å²) >= 11 is 0. The lowest BCUT2D eigenvalue weighted by Crippen LogP contribution is -2.22. The Morgan fingerprint density at radius 1 is 1.28 bits per heavy atom. The molecule has 3 nitrogen and oxygen atoms in total. The summed E-state index contributed by atoms with van der Waals surface area (Å²) in [6.45, 7) is 3.71. The Kier molecular flexibility index (Phi) is 6.29. The predicted octanol–water partition coefficient (Wildman–Crippen LogP) is 2.93. The van der Waals surface area contributed by atoms with Crippen molar-refractivity contribution in [2.75, 3.05) is 14.2 Å². The molecule has 0 aliphatic carbocycles. The SMILES string of the molecule is C=CCCCC(N)Cc1ccc(OC)c(OC)c1. The zero-order chi connectivity index (χ0) is 13.4. The summed E-state index contributed by atoms with van der Waals surface area (Å²) in [5.74, 6) is 1.51. The summed E-state index contributed by atoms with van der Waals surface area (Å²) < 4.78 is 10.5.